The molecule has 0 N–H and O–H groups in total. The van der Waals surface area contributed by atoms with Crippen LogP contribution in [0.25, 0.3) is 5.57 Å². The Bertz CT molecular complexity index is 689. The molecular formula is C21H20. The number of allylic oxidation sites excluding steroid dienone is 12. The molecule has 21 heavy (non-hydrogen) atoms. The summed E-state index contributed by atoms with van der Waals surface area (Å²) in [5, 5.41) is 0. The zero-order valence-corrected chi connectivity index (χ0v) is 12.4. The Morgan fingerprint density at radius 3 is 2.29 bits per heavy atom. The molecule has 0 amide bonds. The Kier molecular flexibility index (Phi) is 4.16. The highest BCUT2D eigenvalue weighted by atomic mass is 14.1. The highest BCUT2D eigenvalue weighted by Crippen LogP contribution is 2.26. The number of hydrogen-bond donors (Lipinski definition) is 0. The summed E-state index contributed by atoms with van der Waals surface area (Å²) in [7, 11) is 0. The highest BCUT2D eigenvalue weighted by molar-refractivity contribution is 5.70. The summed E-state index contributed by atoms with van der Waals surface area (Å²) in [4.78, 5) is 0. The Hall–Kier alpha value is -2.34. The lowest BCUT2D eigenvalue weighted by atomic mass is 10.0. The Balaban J connectivity index is 1.90. The summed E-state index contributed by atoms with van der Waals surface area (Å²) in [6.45, 7) is 2.14. The molecule has 0 spiro atoms. The van der Waals surface area contributed by atoms with Crippen molar-refractivity contribution in [3.05, 3.63) is 101 Å². The summed E-state index contributed by atoms with van der Waals surface area (Å²) in [5.41, 5.74) is 6.69. The van der Waals surface area contributed by atoms with Crippen molar-refractivity contribution in [1.82, 2.24) is 0 Å². The standard InChI is InChI=1S/C21H20/c1-17-7-5-10-19(14-13-17)21-12-6-11-20(15-16-21)18-8-3-2-4-9-18/h2-9,12-16H,10-11H2,1H3. The van der Waals surface area contributed by atoms with Gasteiger partial charge in [0.2, 0.25) is 0 Å². The minimum Gasteiger partial charge on any atom is -0.0798 e. The minimum atomic E-state index is 0.988. The molecule has 0 aromatic heterocycles. The molecule has 1 aromatic carbocycles. The van der Waals surface area contributed by atoms with Gasteiger partial charge in [0, 0.05) is 0 Å². The van der Waals surface area contributed by atoms with Crippen LogP contribution >= 0.6 is 0 Å². The first-order valence-electron chi connectivity index (χ1n) is 7.50. The van der Waals surface area contributed by atoms with E-state index in [1.54, 1.807) is 0 Å². The van der Waals surface area contributed by atoms with Crippen molar-refractivity contribution in [2.45, 2.75) is 19.8 Å². The van der Waals surface area contributed by atoms with Crippen LogP contribution in [0, 0.1) is 0 Å². The highest BCUT2D eigenvalue weighted by Gasteiger charge is 2.06. The third kappa shape index (κ3) is 3.41. The van der Waals surface area contributed by atoms with E-state index < -0.39 is 0 Å². The van der Waals surface area contributed by atoms with Gasteiger partial charge in [0.05, 0.1) is 0 Å². The minimum absolute atomic E-state index is 0.988. The summed E-state index contributed by atoms with van der Waals surface area (Å²) in [6, 6.07) is 10.6. The molecule has 0 heterocycles. The van der Waals surface area contributed by atoms with Crippen molar-refractivity contribution in [2.75, 3.05) is 0 Å². The lowest BCUT2D eigenvalue weighted by molar-refractivity contribution is 1.25. The van der Waals surface area contributed by atoms with Crippen LogP contribution in [0.4, 0.5) is 0 Å². The third-order valence-electron chi connectivity index (χ3n) is 3.88. The normalized spacial score (nSPS) is 18.1. The molecule has 0 radical (unpaired) electrons. The molecule has 0 saturated carbocycles. The molecule has 3 rings (SSSR count). The van der Waals surface area contributed by atoms with E-state index in [4.69, 9.17) is 0 Å². The van der Waals surface area contributed by atoms with E-state index in [-0.39, 0.29) is 0 Å². The third-order valence-corrected chi connectivity index (χ3v) is 3.88. The van der Waals surface area contributed by atoms with Crippen LogP contribution in [0.15, 0.2) is 95.7 Å². The van der Waals surface area contributed by atoms with Crippen molar-refractivity contribution >= 4 is 5.57 Å². The van der Waals surface area contributed by atoms with Crippen molar-refractivity contribution in [2.24, 2.45) is 0 Å². The number of benzene rings is 1. The van der Waals surface area contributed by atoms with Crippen LogP contribution in [0.3, 0.4) is 0 Å². The van der Waals surface area contributed by atoms with E-state index in [1.807, 2.05) is 0 Å². The van der Waals surface area contributed by atoms with E-state index in [0.717, 1.165) is 12.8 Å². The predicted octanol–water partition coefficient (Wildman–Crippen LogP) is 5.79. The molecule has 0 unspecified atom stereocenters. The van der Waals surface area contributed by atoms with Crippen molar-refractivity contribution in [3.63, 3.8) is 0 Å². The van der Waals surface area contributed by atoms with Gasteiger partial charge in [-0.25, -0.2) is 0 Å². The van der Waals surface area contributed by atoms with Crippen LogP contribution < -0.4 is 0 Å². The monoisotopic (exact) mass is 272 g/mol. The second-order valence-corrected chi connectivity index (χ2v) is 5.50. The van der Waals surface area contributed by atoms with E-state index in [2.05, 4.69) is 85.9 Å². The molecular weight excluding hydrogens is 252 g/mol. The summed E-state index contributed by atoms with van der Waals surface area (Å²) < 4.78 is 0. The molecule has 1 aromatic rings. The first-order valence-corrected chi connectivity index (χ1v) is 7.50. The molecule has 0 saturated heterocycles. The molecule has 2 aliphatic rings. The molecule has 0 atom stereocenters. The van der Waals surface area contributed by atoms with Crippen LogP contribution in [-0.2, 0) is 0 Å². The van der Waals surface area contributed by atoms with Gasteiger partial charge in [-0.2, -0.15) is 0 Å². The largest absolute Gasteiger partial charge is 0.0798 e. The average molecular weight is 272 g/mol. The fourth-order valence-corrected chi connectivity index (χ4v) is 2.65. The van der Waals surface area contributed by atoms with Gasteiger partial charge in [-0.1, -0.05) is 84.5 Å². The second-order valence-electron chi connectivity index (χ2n) is 5.50. The zero-order valence-electron chi connectivity index (χ0n) is 12.4. The number of rotatable bonds is 2. The molecule has 0 nitrogen and oxygen atoms in total. The van der Waals surface area contributed by atoms with Crippen LogP contribution in [0.2, 0.25) is 0 Å². The second kappa shape index (κ2) is 6.41. The average Bonchev–Trinajstić information content (AvgIpc) is 2.88. The first-order chi connectivity index (χ1) is 10.3. The predicted molar refractivity (Wildman–Crippen MR) is 91.9 cm³/mol. The van der Waals surface area contributed by atoms with Crippen molar-refractivity contribution < 1.29 is 0 Å². The SMILES string of the molecule is CC1=CC=C(C2=CC=C(c3ccccc3)CC=C2)CC=C1. The van der Waals surface area contributed by atoms with Gasteiger partial charge >= 0.3 is 0 Å². The lowest BCUT2D eigenvalue weighted by Crippen LogP contribution is -1.84. The van der Waals surface area contributed by atoms with E-state index in [9.17, 15) is 0 Å². The summed E-state index contributed by atoms with van der Waals surface area (Å²) >= 11 is 0. The molecule has 104 valence electrons. The maximum atomic E-state index is 2.27. The van der Waals surface area contributed by atoms with Crippen LogP contribution in [0.5, 0.6) is 0 Å². The maximum Gasteiger partial charge on any atom is -0.00882 e. The summed E-state index contributed by atoms with van der Waals surface area (Å²) in [6.07, 6.45) is 19.9. The van der Waals surface area contributed by atoms with Crippen molar-refractivity contribution in [1.29, 1.82) is 0 Å². The van der Waals surface area contributed by atoms with Gasteiger partial charge in [-0.05, 0) is 42.0 Å². The Labute approximate surface area is 127 Å². The van der Waals surface area contributed by atoms with Gasteiger partial charge in [-0.15, -0.1) is 0 Å². The van der Waals surface area contributed by atoms with Crippen LogP contribution in [0.1, 0.15) is 25.3 Å². The number of hydrogen-bond acceptors (Lipinski definition) is 0. The van der Waals surface area contributed by atoms with Gasteiger partial charge in [0.1, 0.15) is 0 Å². The fraction of sp³-hybridized carbons (Fsp3) is 0.143. The Morgan fingerprint density at radius 1 is 0.714 bits per heavy atom. The van der Waals surface area contributed by atoms with E-state index in [0.29, 0.717) is 0 Å². The molecule has 2 aliphatic carbocycles. The maximum absolute atomic E-state index is 2.27. The zero-order chi connectivity index (χ0) is 14.5. The quantitative estimate of drug-likeness (QED) is 0.639. The first kappa shape index (κ1) is 13.6. The van der Waals surface area contributed by atoms with Crippen LogP contribution in [-0.4, -0.2) is 0 Å². The van der Waals surface area contributed by atoms with E-state index in [1.165, 1.54) is 27.9 Å². The molecule has 0 bridgehead atoms. The van der Waals surface area contributed by atoms with Gasteiger partial charge in [0.15, 0.2) is 0 Å². The lowest BCUT2D eigenvalue weighted by Gasteiger charge is -2.03. The van der Waals surface area contributed by atoms with Gasteiger partial charge in [0.25, 0.3) is 0 Å². The molecule has 0 heteroatoms. The van der Waals surface area contributed by atoms with E-state index >= 15 is 0 Å². The van der Waals surface area contributed by atoms with Crippen molar-refractivity contribution in [3.8, 4) is 0 Å². The fourth-order valence-electron chi connectivity index (χ4n) is 2.65. The van der Waals surface area contributed by atoms with Gasteiger partial charge < -0.3 is 0 Å². The van der Waals surface area contributed by atoms with Gasteiger partial charge in [-0.3, -0.25) is 0 Å². The topological polar surface area (TPSA) is 0 Å². The molecule has 0 aliphatic heterocycles. The summed E-state index contributed by atoms with van der Waals surface area (Å²) in [5.74, 6) is 0. The smallest absolute Gasteiger partial charge is 0.00882 e. The molecule has 0 fully saturated rings. The Morgan fingerprint density at radius 2 is 1.43 bits per heavy atom.